The molecule has 0 spiro atoms. The Balaban J connectivity index is 1.84. The van der Waals surface area contributed by atoms with Crippen molar-refractivity contribution in [3.8, 4) is 0 Å². The molecule has 3 aromatic rings. The number of benzene rings is 3. The number of para-hydroxylation sites is 1. The molecule has 0 bridgehead atoms. The van der Waals surface area contributed by atoms with Gasteiger partial charge in [-0.1, -0.05) is 30.3 Å². The number of hydrogen-bond acceptors (Lipinski definition) is 4. The third-order valence-electron chi connectivity index (χ3n) is 4.65. The van der Waals surface area contributed by atoms with E-state index in [1.165, 1.54) is 40.5 Å². The lowest BCUT2D eigenvalue weighted by Crippen LogP contribution is -2.26. The molecule has 31 heavy (non-hydrogen) atoms. The third-order valence-corrected chi connectivity index (χ3v) is 6.43. The second-order valence-electron chi connectivity index (χ2n) is 7.07. The fraction of sp³-hybridized carbons (Fsp3) is 0.130. The van der Waals surface area contributed by atoms with Gasteiger partial charge in [0.05, 0.1) is 10.6 Å². The van der Waals surface area contributed by atoms with Gasteiger partial charge in [0, 0.05) is 38.0 Å². The van der Waals surface area contributed by atoms with Gasteiger partial charge in [-0.05, 0) is 48.5 Å². The van der Waals surface area contributed by atoms with Crippen LogP contribution in [0.1, 0.15) is 20.7 Å². The smallest absolute Gasteiger partial charge is 0.264 e. The first-order valence-electron chi connectivity index (χ1n) is 9.47. The summed E-state index contributed by atoms with van der Waals surface area (Å²) in [6.45, 7) is 0. The van der Waals surface area contributed by atoms with Crippen LogP contribution < -0.4 is 9.62 Å². The van der Waals surface area contributed by atoms with Crippen molar-refractivity contribution in [3.63, 3.8) is 0 Å². The van der Waals surface area contributed by atoms with Gasteiger partial charge in [-0.2, -0.15) is 0 Å². The zero-order chi connectivity index (χ0) is 22.6. The Labute approximate surface area is 182 Å². The van der Waals surface area contributed by atoms with Crippen molar-refractivity contribution in [1.29, 1.82) is 0 Å². The lowest BCUT2D eigenvalue weighted by atomic mass is 10.1. The summed E-state index contributed by atoms with van der Waals surface area (Å²) in [5, 5.41) is 2.71. The molecule has 8 heteroatoms. The number of nitrogens with one attached hydrogen (secondary N) is 1. The second-order valence-corrected chi connectivity index (χ2v) is 9.04. The van der Waals surface area contributed by atoms with Gasteiger partial charge in [0.25, 0.3) is 21.8 Å². The second kappa shape index (κ2) is 9.01. The first-order valence-corrected chi connectivity index (χ1v) is 10.9. The topological polar surface area (TPSA) is 86.8 Å². The van der Waals surface area contributed by atoms with Crippen molar-refractivity contribution >= 4 is 33.2 Å². The maximum atomic E-state index is 13.0. The molecule has 1 N–H and O–H groups in total. The predicted octanol–water partition coefficient (Wildman–Crippen LogP) is 3.47. The van der Waals surface area contributed by atoms with Crippen molar-refractivity contribution in [2.24, 2.45) is 0 Å². The molecular formula is C23H23N3O4S. The average molecular weight is 438 g/mol. The molecule has 0 heterocycles. The number of sulfonamides is 1. The lowest BCUT2D eigenvalue weighted by Gasteiger charge is -2.19. The molecule has 0 fully saturated rings. The van der Waals surface area contributed by atoms with E-state index in [0.29, 0.717) is 16.9 Å². The molecule has 7 nitrogen and oxygen atoms in total. The number of carbonyl (C=O) groups excluding carboxylic acids is 2. The number of anilines is 2. The molecule has 0 atom stereocenters. The van der Waals surface area contributed by atoms with E-state index in [-0.39, 0.29) is 16.4 Å². The predicted molar refractivity (Wildman–Crippen MR) is 121 cm³/mol. The van der Waals surface area contributed by atoms with E-state index in [1.807, 2.05) is 0 Å². The van der Waals surface area contributed by atoms with Crippen LogP contribution in [0.3, 0.4) is 0 Å². The molecule has 0 aliphatic heterocycles. The Kier molecular flexibility index (Phi) is 6.41. The number of nitrogens with zero attached hydrogens (tertiary/aromatic N) is 2. The molecule has 160 valence electrons. The van der Waals surface area contributed by atoms with Gasteiger partial charge < -0.3 is 10.2 Å². The highest BCUT2D eigenvalue weighted by molar-refractivity contribution is 7.92. The van der Waals surface area contributed by atoms with Crippen LogP contribution in [0.25, 0.3) is 0 Å². The van der Waals surface area contributed by atoms with Crippen molar-refractivity contribution < 1.29 is 18.0 Å². The quantitative estimate of drug-likeness (QED) is 0.640. The monoisotopic (exact) mass is 437 g/mol. The third kappa shape index (κ3) is 4.92. The standard InChI is InChI=1S/C23H23N3O4S/c1-25(2)23(28)18-10-7-11-19(15-18)24-22(27)17-9-8-14-21(16-17)31(29,30)26(3)20-12-5-4-6-13-20/h4-16H,1-3H3,(H,24,27). The van der Waals surface area contributed by atoms with Gasteiger partial charge in [0.15, 0.2) is 0 Å². The first kappa shape index (κ1) is 22.0. The maximum Gasteiger partial charge on any atom is 0.264 e. The average Bonchev–Trinajstić information content (AvgIpc) is 2.78. The first-order chi connectivity index (χ1) is 14.7. The van der Waals surface area contributed by atoms with E-state index < -0.39 is 15.9 Å². The highest BCUT2D eigenvalue weighted by Crippen LogP contribution is 2.23. The Morgan fingerprint density at radius 3 is 2.10 bits per heavy atom. The fourth-order valence-electron chi connectivity index (χ4n) is 2.92. The fourth-order valence-corrected chi connectivity index (χ4v) is 4.17. The summed E-state index contributed by atoms with van der Waals surface area (Å²) < 4.78 is 27.2. The van der Waals surface area contributed by atoms with E-state index in [1.54, 1.807) is 68.7 Å². The van der Waals surface area contributed by atoms with Crippen LogP contribution in [0.5, 0.6) is 0 Å². The Bertz CT molecular complexity index is 1210. The van der Waals surface area contributed by atoms with Gasteiger partial charge >= 0.3 is 0 Å². The minimum atomic E-state index is -3.85. The van der Waals surface area contributed by atoms with Gasteiger partial charge in [-0.15, -0.1) is 0 Å². The van der Waals surface area contributed by atoms with Crippen LogP contribution in [0.15, 0.2) is 83.8 Å². The molecular weight excluding hydrogens is 414 g/mol. The minimum Gasteiger partial charge on any atom is -0.345 e. The van der Waals surface area contributed by atoms with Crippen LogP contribution in [0.2, 0.25) is 0 Å². The Morgan fingerprint density at radius 2 is 1.42 bits per heavy atom. The zero-order valence-electron chi connectivity index (χ0n) is 17.4. The summed E-state index contributed by atoms with van der Waals surface area (Å²) in [6, 6.07) is 21.1. The van der Waals surface area contributed by atoms with Crippen molar-refractivity contribution in [2.45, 2.75) is 4.90 Å². The van der Waals surface area contributed by atoms with Crippen LogP contribution in [-0.4, -0.2) is 46.3 Å². The lowest BCUT2D eigenvalue weighted by molar-refractivity contribution is 0.0827. The zero-order valence-corrected chi connectivity index (χ0v) is 18.3. The molecule has 0 aromatic heterocycles. The number of rotatable bonds is 6. The SMILES string of the molecule is CN(C)C(=O)c1cccc(NC(=O)c2cccc(S(=O)(=O)N(C)c3ccccc3)c2)c1. The van der Waals surface area contributed by atoms with E-state index >= 15 is 0 Å². The number of amides is 2. The highest BCUT2D eigenvalue weighted by atomic mass is 32.2. The van der Waals surface area contributed by atoms with Crippen molar-refractivity contribution in [2.75, 3.05) is 30.8 Å². The molecule has 2 amide bonds. The van der Waals surface area contributed by atoms with Crippen molar-refractivity contribution in [1.82, 2.24) is 4.90 Å². The number of hydrogen-bond donors (Lipinski definition) is 1. The van der Waals surface area contributed by atoms with Crippen LogP contribution in [-0.2, 0) is 10.0 Å². The van der Waals surface area contributed by atoms with Gasteiger partial charge in [-0.25, -0.2) is 8.42 Å². The minimum absolute atomic E-state index is 0.00281. The number of carbonyl (C=O) groups is 2. The van der Waals surface area contributed by atoms with Crippen LogP contribution in [0, 0.1) is 0 Å². The molecule has 0 saturated carbocycles. The van der Waals surface area contributed by atoms with E-state index in [2.05, 4.69) is 5.32 Å². The maximum absolute atomic E-state index is 13.0. The molecule has 3 aromatic carbocycles. The van der Waals surface area contributed by atoms with E-state index in [4.69, 9.17) is 0 Å². The summed E-state index contributed by atoms with van der Waals surface area (Å²) in [5.74, 6) is -0.665. The van der Waals surface area contributed by atoms with Gasteiger partial charge in [0.1, 0.15) is 0 Å². The largest absolute Gasteiger partial charge is 0.345 e. The normalized spacial score (nSPS) is 10.9. The molecule has 0 saturated heterocycles. The Hall–Kier alpha value is -3.65. The van der Waals surface area contributed by atoms with E-state index in [9.17, 15) is 18.0 Å². The summed E-state index contributed by atoms with van der Waals surface area (Å²) in [4.78, 5) is 26.3. The summed E-state index contributed by atoms with van der Waals surface area (Å²) >= 11 is 0. The summed E-state index contributed by atoms with van der Waals surface area (Å²) in [5.41, 5.74) is 1.57. The molecule has 0 aliphatic carbocycles. The summed E-state index contributed by atoms with van der Waals surface area (Å²) in [6.07, 6.45) is 0. The molecule has 3 rings (SSSR count). The van der Waals surface area contributed by atoms with E-state index in [0.717, 1.165) is 0 Å². The summed E-state index contributed by atoms with van der Waals surface area (Å²) in [7, 11) is 0.907. The molecule has 0 aliphatic rings. The van der Waals surface area contributed by atoms with Crippen LogP contribution >= 0.6 is 0 Å². The van der Waals surface area contributed by atoms with Crippen molar-refractivity contribution in [3.05, 3.63) is 90.0 Å². The highest BCUT2D eigenvalue weighted by Gasteiger charge is 2.22. The van der Waals surface area contributed by atoms with Gasteiger partial charge in [0.2, 0.25) is 0 Å². The molecule has 0 unspecified atom stereocenters. The Morgan fingerprint density at radius 1 is 0.774 bits per heavy atom. The van der Waals surface area contributed by atoms with Crippen LogP contribution in [0.4, 0.5) is 11.4 Å². The van der Waals surface area contributed by atoms with Gasteiger partial charge in [-0.3, -0.25) is 13.9 Å². The molecule has 0 radical (unpaired) electrons.